The number of hydrogen-bond donors (Lipinski definition) is 0. The molecular formula is C17H13ClN2O2S. The van der Waals surface area contributed by atoms with E-state index in [9.17, 15) is 9.59 Å². The van der Waals surface area contributed by atoms with Gasteiger partial charge < -0.3 is 0 Å². The lowest BCUT2D eigenvalue weighted by Crippen LogP contribution is -2.29. The second kappa shape index (κ2) is 6.56. The Kier molecular flexibility index (Phi) is 4.50. The number of anilines is 1. The van der Waals surface area contributed by atoms with E-state index in [1.54, 1.807) is 24.3 Å². The topological polar surface area (TPSA) is 49.7 Å². The number of aliphatic imine (C=N–C) groups is 1. The zero-order chi connectivity index (χ0) is 16.4. The average molecular weight is 345 g/mol. The van der Waals surface area contributed by atoms with Gasteiger partial charge in [0.1, 0.15) is 0 Å². The van der Waals surface area contributed by atoms with Crippen molar-refractivity contribution in [1.29, 1.82) is 0 Å². The highest BCUT2D eigenvalue weighted by Crippen LogP contribution is 2.27. The minimum absolute atomic E-state index is 0.0850. The Morgan fingerprint density at radius 1 is 1.22 bits per heavy atom. The van der Waals surface area contributed by atoms with Crippen molar-refractivity contribution in [3.05, 3.63) is 64.7 Å². The molecular weight excluding hydrogens is 332 g/mol. The van der Waals surface area contributed by atoms with Crippen molar-refractivity contribution < 1.29 is 9.59 Å². The second-order valence-corrected chi connectivity index (χ2v) is 6.45. The quantitative estimate of drug-likeness (QED) is 0.829. The van der Waals surface area contributed by atoms with E-state index in [-0.39, 0.29) is 11.7 Å². The fourth-order valence-corrected chi connectivity index (χ4v) is 3.29. The largest absolute Gasteiger partial charge is 0.279 e. The number of amidine groups is 1. The molecule has 0 atom stereocenters. The van der Waals surface area contributed by atoms with Crippen LogP contribution in [0.25, 0.3) is 0 Å². The Bertz CT molecular complexity index is 820. The zero-order valence-electron chi connectivity index (χ0n) is 12.3. The Morgan fingerprint density at radius 2 is 2.00 bits per heavy atom. The first-order valence-electron chi connectivity index (χ1n) is 6.95. The lowest BCUT2D eigenvalue weighted by atomic mass is 10.2. The first-order chi connectivity index (χ1) is 11.0. The van der Waals surface area contributed by atoms with E-state index in [1.807, 2.05) is 31.2 Å². The van der Waals surface area contributed by atoms with E-state index in [2.05, 4.69) is 4.99 Å². The van der Waals surface area contributed by atoms with Crippen molar-refractivity contribution in [1.82, 2.24) is 0 Å². The van der Waals surface area contributed by atoms with E-state index in [1.165, 1.54) is 16.7 Å². The standard InChI is InChI=1S/C17H13ClN2O2S/c1-11-4-2-7-14(8-11)20-15(21)10-23-17(20)19-16(22)12-5-3-6-13(18)9-12/h2-9H,10H2,1H3. The first-order valence-corrected chi connectivity index (χ1v) is 8.32. The zero-order valence-corrected chi connectivity index (χ0v) is 13.9. The number of nitrogens with zero attached hydrogens (tertiary/aromatic N) is 2. The summed E-state index contributed by atoms with van der Waals surface area (Å²) in [6.45, 7) is 1.95. The number of carbonyl (C=O) groups excluding carboxylic acids is 2. The minimum Gasteiger partial charge on any atom is -0.273 e. The summed E-state index contributed by atoms with van der Waals surface area (Å²) >= 11 is 7.16. The molecule has 0 aliphatic carbocycles. The molecule has 6 heteroatoms. The molecule has 116 valence electrons. The molecule has 0 aromatic heterocycles. The third-order valence-corrected chi connectivity index (χ3v) is 4.45. The molecule has 0 bridgehead atoms. The number of benzene rings is 2. The van der Waals surface area contributed by atoms with Crippen molar-refractivity contribution >= 4 is 46.0 Å². The summed E-state index contributed by atoms with van der Waals surface area (Å²) in [4.78, 5) is 30.1. The molecule has 23 heavy (non-hydrogen) atoms. The molecule has 0 N–H and O–H groups in total. The first kappa shape index (κ1) is 15.8. The van der Waals surface area contributed by atoms with Crippen LogP contribution in [0.1, 0.15) is 15.9 Å². The summed E-state index contributed by atoms with van der Waals surface area (Å²) in [5.74, 6) is -0.226. The third-order valence-electron chi connectivity index (χ3n) is 3.29. The molecule has 2 aromatic rings. The van der Waals surface area contributed by atoms with E-state index < -0.39 is 5.91 Å². The molecule has 0 saturated carbocycles. The number of carbonyl (C=O) groups is 2. The van der Waals surface area contributed by atoms with Crippen LogP contribution in [0.3, 0.4) is 0 Å². The van der Waals surface area contributed by atoms with Gasteiger partial charge in [0.2, 0.25) is 5.91 Å². The van der Waals surface area contributed by atoms with Crippen molar-refractivity contribution in [2.24, 2.45) is 4.99 Å². The van der Waals surface area contributed by atoms with E-state index in [0.717, 1.165) is 11.3 Å². The van der Waals surface area contributed by atoms with Crippen LogP contribution in [-0.4, -0.2) is 22.7 Å². The van der Waals surface area contributed by atoms with Crippen LogP contribution in [0.2, 0.25) is 5.02 Å². The van der Waals surface area contributed by atoms with Crippen LogP contribution < -0.4 is 4.90 Å². The van der Waals surface area contributed by atoms with E-state index in [0.29, 0.717) is 15.8 Å². The highest BCUT2D eigenvalue weighted by atomic mass is 35.5. The number of thioether (sulfide) groups is 1. The molecule has 1 saturated heterocycles. The SMILES string of the molecule is Cc1cccc(N2C(=O)CSC2=NC(=O)c2cccc(Cl)c2)c1. The van der Waals surface area contributed by atoms with Gasteiger partial charge >= 0.3 is 0 Å². The number of rotatable bonds is 2. The highest BCUT2D eigenvalue weighted by molar-refractivity contribution is 8.15. The fraction of sp³-hybridized carbons (Fsp3) is 0.118. The smallest absolute Gasteiger partial charge is 0.273 e. The van der Waals surface area contributed by atoms with Crippen LogP contribution in [0.4, 0.5) is 5.69 Å². The maximum Gasteiger partial charge on any atom is 0.279 e. The van der Waals surface area contributed by atoms with Crippen molar-refractivity contribution in [2.45, 2.75) is 6.92 Å². The van der Waals surface area contributed by atoms with Crippen LogP contribution >= 0.6 is 23.4 Å². The number of aryl methyl sites for hydroxylation is 1. The van der Waals surface area contributed by atoms with Gasteiger partial charge in [-0.05, 0) is 42.8 Å². The normalized spacial score (nSPS) is 16.2. The van der Waals surface area contributed by atoms with Crippen molar-refractivity contribution in [3.8, 4) is 0 Å². The van der Waals surface area contributed by atoms with Crippen LogP contribution in [0.15, 0.2) is 53.5 Å². The summed E-state index contributed by atoms with van der Waals surface area (Å²) in [6.07, 6.45) is 0. The van der Waals surface area contributed by atoms with Gasteiger partial charge in [-0.15, -0.1) is 0 Å². The Morgan fingerprint density at radius 3 is 2.74 bits per heavy atom. The van der Waals surface area contributed by atoms with Gasteiger partial charge in [0, 0.05) is 10.6 Å². The van der Waals surface area contributed by atoms with Gasteiger partial charge in [-0.3, -0.25) is 14.5 Å². The maximum atomic E-state index is 12.3. The monoisotopic (exact) mass is 344 g/mol. The van der Waals surface area contributed by atoms with Gasteiger partial charge in [0.15, 0.2) is 5.17 Å². The van der Waals surface area contributed by atoms with Crippen LogP contribution in [0.5, 0.6) is 0 Å². The minimum atomic E-state index is -0.414. The second-order valence-electron chi connectivity index (χ2n) is 5.07. The molecule has 3 rings (SSSR count). The van der Waals surface area contributed by atoms with Gasteiger partial charge in [0.05, 0.1) is 11.4 Å². The molecule has 4 nitrogen and oxygen atoms in total. The van der Waals surface area contributed by atoms with Gasteiger partial charge in [-0.1, -0.05) is 41.6 Å². The summed E-state index contributed by atoms with van der Waals surface area (Å²) in [5.41, 5.74) is 2.15. The Hall–Kier alpha value is -2.11. The van der Waals surface area contributed by atoms with Gasteiger partial charge in [-0.2, -0.15) is 4.99 Å². The molecule has 0 spiro atoms. The lowest BCUT2D eigenvalue weighted by Gasteiger charge is -2.16. The third kappa shape index (κ3) is 3.46. The summed E-state index contributed by atoms with van der Waals surface area (Å²) in [5, 5.41) is 0.868. The summed E-state index contributed by atoms with van der Waals surface area (Å²) in [6, 6.07) is 14.1. The number of amides is 2. The number of hydrogen-bond acceptors (Lipinski definition) is 3. The summed E-state index contributed by atoms with van der Waals surface area (Å²) in [7, 11) is 0. The molecule has 2 amide bonds. The van der Waals surface area contributed by atoms with E-state index >= 15 is 0 Å². The number of halogens is 1. The molecule has 1 fully saturated rings. The molecule has 1 aliphatic heterocycles. The summed E-state index contributed by atoms with van der Waals surface area (Å²) < 4.78 is 0. The molecule has 0 unspecified atom stereocenters. The van der Waals surface area contributed by atoms with Crippen molar-refractivity contribution in [2.75, 3.05) is 10.7 Å². The predicted molar refractivity (Wildman–Crippen MR) is 94.3 cm³/mol. The highest BCUT2D eigenvalue weighted by Gasteiger charge is 2.30. The van der Waals surface area contributed by atoms with Crippen LogP contribution in [-0.2, 0) is 4.79 Å². The predicted octanol–water partition coefficient (Wildman–Crippen LogP) is 3.92. The Balaban J connectivity index is 1.94. The van der Waals surface area contributed by atoms with Crippen LogP contribution in [0, 0.1) is 6.92 Å². The molecule has 0 radical (unpaired) electrons. The van der Waals surface area contributed by atoms with Crippen molar-refractivity contribution in [3.63, 3.8) is 0 Å². The maximum absolute atomic E-state index is 12.3. The Labute approximate surface area is 143 Å². The molecule has 1 heterocycles. The molecule has 2 aromatic carbocycles. The van der Waals surface area contributed by atoms with Gasteiger partial charge in [-0.25, -0.2) is 0 Å². The van der Waals surface area contributed by atoms with Gasteiger partial charge in [0.25, 0.3) is 5.91 Å². The van der Waals surface area contributed by atoms with E-state index in [4.69, 9.17) is 11.6 Å². The average Bonchev–Trinajstić information content (AvgIpc) is 2.88. The fourth-order valence-electron chi connectivity index (χ4n) is 2.24. The lowest BCUT2D eigenvalue weighted by molar-refractivity contribution is -0.115. The molecule has 1 aliphatic rings.